The fourth-order valence-corrected chi connectivity index (χ4v) is 2.69. The van der Waals surface area contributed by atoms with E-state index in [2.05, 4.69) is 17.1 Å². The maximum Gasteiger partial charge on any atom is 0.144 e. The number of hydrogen-bond donors (Lipinski definition) is 2. The summed E-state index contributed by atoms with van der Waals surface area (Å²) in [5.74, 6) is 1.55. The molecule has 3 N–H and O–H groups in total. The molecule has 0 saturated carbocycles. The first-order valence-electron chi connectivity index (χ1n) is 7.71. The Hall–Kier alpha value is -1.42. The normalized spacial score (nSPS) is 17.1. The van der Waals surface area contributed by atoms with Crippen LogP contribution in [-0.2, 0) is 0 Å². The Morgan fingerprint density at radius 3 is 2.70 bits per heavy atom. The maximum absolute atomic E-state index is 5.89. The number of piperidine rings is 1. The standard InChI is InChI=1S/C16H27N3O/c1-3-19-9-7-13(8-10-19)12-18-14-5-6-15(17)16(11-14)20-4-2/h5-6,11,13,18H,3-4,7-10,12,17H2,1-2H3. The van der Waals surface area contributed by atoms with E-state index >= 15 is 0 Å². The average molecular weight is 277 g/mol. The van der Waals surface area contributed by atoms with Crippen LogP contribution in [-0.4, -0.2) is 37.7 Å². The van der Waals surface area contributed by atoms with Crippen LogP contribution in [0.25, 0.3) is 0 Å². The lowest BCUT2D eigenvalue weighted by atomic mass is 9.97. The van der Waals surface area contributed by atoms with Gasteiger partial charge in [0.05, 0.1) is 12.3 Å². The van der Waals surface area contributed by atoms with Crippen LogP contribution in [0, 0.1) is 5.92 Å². The Morgan fingerprint density at radius 1 is 1.30 bits per heavy atom. The highest BCUT2D eigenvalue weighted by Crippen LogP contribution is 2.26. The van der Waals surface area contributed by atoms with Crippen LogP contribution in [0.3, 0.4) is 0 Å². The molecule has 20 heavy (non-hydrogen) atoms. The molecule has 112 valence electrons. The number of nitrogens with zero attached hydrogens (tertiary/aromatic N) is 1. The number of likely N-dealkylation sites (tertiary alicyclic amines) is 1. The van der Waals surface area contributed by atoms with E-state index in [9.17, 15) is 0 Å². The molecule has 0 aliphatic carbocycles. The van der Waals surface area contributed by atoms with Crippen LogP contribution in [0.15, 0.2) is 18.2 Å². The molecule has 1 aromatic rings. The SMILES string of the molecule is CCOc1cc(NCC2CCN(CC)CC2)ccc1N. The number of rotatable bonds is 6. The zero-order valence-corrected chi connectivity index (χ0v) is 12.7. The van der Waals surface area contributed by atoms with Gasteiger partial charge in [-0.1, -0.05) is 6.92 Å². The molecule has 4 heteroatoms. The van der Waals surface area contributed by atoms with E-state index in [4.69, 9.17) is 10.5 Å². The van der Waals surface area contributed by atoms with Gasteiger partial charge in [-0.25, -0.2) is 0 Å². The van der Waals surface area contributed by atoms with Crippen molar-refractivity contribution >= 4 is 11.4 Å². The quantitative estimate of drug-likeness (QED) is 0.785. The van der Waals surface area contributed by atoms with Gasteiger partial charge in [-0.15, -0.1) is 0 Å². The van der Waals surface area contributed by atoms with Crippen LogP contribution in [0.4, 0.5) is 11.4 Å². The van der Waals surface area contributed by atoms with Gasteiger partial charge in [-0.2, -0.15) is 0 Å². The summed E-state index contributed by atoms with van der Waals surface area (Å²) in [7, 11) is 0. The number of nitrogens with two attached hydrogens (primary N) is 1. The smallest absolute Gasteiger partial charge is 0.144 e. The maximum atomic E-state index is 5.89. The lowest BCUT2D eigenvalue weighted by molar-refractivity contribution is 0.198. The summed E-state index contributed by atoms with van der Waals surface area (Å²) in [5.41, 5.74) is 7.69. The van der Waals surface area contributed by atoms with Gasteiger partial charge in [0.2, 0.25) is 0 Å². The Morgan fingerprint density at radius 2 is 2.05 bits per heavy atom. The molecule has 2 rings (SSSR count). The highest BCUT2D eigenvalue weighted by atomic mass is 16.5. The summed E-state index contributed by atoms with van der Waals surface area (Å²) >= 11 is 0. The first-order valence-corrected chi connectivity index (χ1v) is 7.71. The predicted octanol–water partition coefficient (Wildman–Crippen LogP) is 2.81. The minimum Gasteiger partial charge on any atom is -0.492 e. The Bertz CT molecular complexity index is 414. The zero-order valence-electron chi connectivity index (χ0n) is 12.7. The van der Waals surface area contributed by atoms with Gasteiger partial charge in [0, 0.05) is 18.3 Å². The van der Waals surface area contributed by atoms with E-state index in [0.29, 0.717) is 12.3 Å². The Labute approximate surface area is 122 Å². The third-order valence-corrected chi connectivity index (χ3v) is 4.06. The molecule has 0 atom stereocenters. The van der Waals surface area contributed by atoms with Gasteiger partial charge in [0.1, 0.15) is 5.75 Å². The van der Waals surface area contributed by atoms with Crippen molar-refractivity contribution in [1.29, 1.82) is 0 Å². The van der Waals surface area contributed by atoms with Crippen molar-refractivity contribution in [3.05, 3.63) is 18.2 Å². The lowest BCUT2D eigenvalue weighted by Gasteiger charge is -2.31. The molecule has 1 fully saturated rings. The summed E-state index contributed by atoms with van der Waals surface area (Å²) in [5, 5.41) is 3.52. The van der Waals surface area contributed by atoms with E-state index in [1.807, 2.05) is 25.1 Å². The largest absolute Gasteiger partial charge is 0.492 e. The van der Waals surface area contributed by atoms with Crippen molar-refractivity contribution in [1.82, 2.24) is 4.90 Å². The molecule has 1 aliphatic heterocycles. The average Bonchev–Trinajstić information content (AvgIpc) is 2.49. The van der Waals surface area contributed by atoms with Crippen molar-refractivity contribution in [3.63, 3.8) is 0 Å². The van der Waals surface area contributed by atoms with Crippen LogP contribution < -0.4 is 15.8 Å². The van der Waals surface area contributed by atoms with Gasteiger partial charge in [-0.3, -0.25) is 0 Å². The number of ether oxygens (including phenoxy) is 1. The topological polar surface area (TPSA) is 50.5 Å². The number of benzene rings is 1. The molecule has 1 saturated heterocycles. The minimum absolute atomic E-state index is 0.642. The van der Waals surface area contributed by atoms with E-state index in [1.54, 1.807) is 0 Å². The molecular weight excluding hydrogens is 250 g/mol. The first-order chi connectivity index (χ1) is 9.72. The molecule has 0 aromatic heterocycles. The van der Waals surface area contributed by atoms with Crippen molar-refractivity contribution < 1.29 is 4.74 Å². The molecule has 1 aliphatic rings. The van der Waals surface area contributed by atoms with Crippen molar-refractivity contribution in [2.75, 3.05) is 43.8 Å². The summed E-state index contributed by atoms with van der Waals surface area (Å²) in [6, 6.07) is 5.94. The van der Waals surface area contributed by atoms with Crippen molar-refractivity contribution in [3.8, 4) is 5.75 Å². The van der Waals surface area contributed by atoms with Gasteiger partial charge >= 0.3 is 0 Å². The molecular formula is C16H27N3O. The van der Waals surface area contributed by atoms with E-state index in [0.717, 1.165) is 23.9 Å². The molecule has 4 nitrogen and oxygen atoms in total. The number of hydrogen-bond acceptors (Lipinski definition) is 4. The molecule has 0 radical (unpaired) electrons. The van der Waals surface area contributed by atoms with E-state index in [-0.39, 0.29) is 0 Å². The van der Waals surface area contributed by atoms with Crippen LogP contribution >= 0.6 is 0 Å². The first kappa shape index (κ1) is 15.0. The van der Waals surface area contributed by atoms with Crippen molar-refractivity contribution in [2.45, 2.75) is 26.7 Å². The predicted molar refractivity (Wildman–Crippen MR) is 85.4 cm³/mol. The summed E-state index contributed by atoms with van der Waals surface area (Å²) in [6.07, 6.45) is 2.57. The molecule has 1 aromatic carbocycles. The number of nitrogen functional groups attached to an aromatic ring is 1. The Kier molecular flexibility index (Phi) is 5.53. The third-order valence-electron chi connectivity index (χ3n) is 4.06. The summed E-state index contributed by atoms with van der Waals surface area (Å²) in [6.45, 7) is 9.53. The van der Waals surface area contributed by atoms with Crippen LogP contribution in [0.1, 0.15) is 26.7 Å². The molecule has 1 heterocycles. The van der Waals surface area contributed by atoms with E-state index in [1.165, 1.54) is 32.5 Å². The zero-order chi connectivity index (χ0) is 14.4. The molecule has 0 bridgehead atoms. The minimum atomic E-state index is 0.642. The van der Waals surface area contributed by atoms with Gasteiger partial charge in [-0.05, 0) is 57.5 Å². The second-order valence-electron chi connectivity index (χ2n) is 5.44. The van der Waals surface area contributed by atoms with Gasteiger partial charge < -0.3 is 20.7 Å². The van der Waals surface area contributed by atoms with Crippen LogP contribution in [0.2, 0.25) is 0 Å². The second kappa shape index (κ2) is 7.39. The monoisotopic (exact) mass is 277 g/mol. The van der Waals surface area contributed by atoms with Gasteiger partial charge in [0.25, 0.3) is 0 Å². The summed E-state index contributed by atoms with van der Waals surface area (Å²) in [4.78, 5) is 2.52. The number of anilines is 2. The fraction of sp³-hybridized carbons (Fsp3) is 0.625. The second-order valence-corrected chi connectivity index (χ2v) is 5.44. The third kappa shape index (κ3) is 4.04. The molecule has 0 spiro atoms. The summed E-state index contributed by atoms with van der Waals surface area (Å²) < 4.78 is 5.53. The highest BCUT2D eigenvalue weighted by Gasteiger charge is 2.17. The number of nitrogens with one attached hydrogen (secondary N) is 1. The molecule has 0 amide bonds. The van der Waals surface area contributed by atoms with Crippen LogP contribution in [0.5, 0.6) is 5.75 Å². The molecule has 0 unspecified atom stereocenters. The Balaban J connectivity index is 1.83. The lowest BCUT2D eigenvalue weighted by Crippen LogP contribution is -2.35. The fourth-order valence-electron chi connectivity index (χ4n) is 2.69. The highest BCUT2D eigenvalue weighted by molar-refractivity contribution is 5.61. The van der Waals surface area contributed by atoms with Crippen molar-refractivity contribution in [2.24, 2.45) is 5.92 Å². The van der Waals surface area contributed by atoms with Gasteiger partial charge in [0.15, 0.2) is 0 Å². The van der Waals surface area contributed by atoms with E-state index < -0.39 is 0 Å².